The Labute approximate surface area is 75.2 Å². The highest BCUT2D eigenvalue weighted by Crippen LogP contribution is 2.16. The zero-order chi connectivity index (χ0) is 9.26. The van der Waals surface area contributed by atoms with Gasteiger partial charge in [0.1, 0.15) is 6.67 Å². The highest BCUT2D eigenvalue weighted by atomic mass is 19.1. The predicted octanol–water partition coefficient (Wildman–Crippen LogP) is 2.29. The van der Waals surface area contributed by atoms with Crippen molar-refractivity contribution in [1.29, 1.82) is 0 Å². The van der Waals surface area contributed by atoms with Crippen molar-refractivity contribution in [2.24, 2.45) is 0 Å². The van der Waals surface area contributed by atoms with Crippen LogP contribution < -0.4 is 5.73 Å². The Morgan fingerprint density at radius 1 is 1.23 bits per heavy atom. The van der Waals surface area contributed by atoms with Gasteiger partial charge in [0.05, 0.1) is 11.2 Å². The lowest BCUT2D eigenvalue weighted by atomic mass is 10.2. The topological polar surface area (TPSA) is 38.9 Å². The van der Waals surface area contributed by atoms with E-state index < -0.39 is 6.67 Å². The molecule has 0 spiro atoms. The Balaban J connectivity index is 2.68. The molecule has 2 rings (SSSR count). The van der Waals surface area contributed by atoms with E-state index in [0.717, 1.165) is 10.9 Å². The van der Waals surface area contributed by atoms with E-state index in [0.29, 0.717) is 11.4 Å². The number of pyridine rings is 1. The van der Waals surface area contributed by atoms with Gasteiger partial charge in [-0.2, -0.15) is 0 Å². The molecule has 2 N–H and O–H groups in total. The average molecular weight is 176 g/mol. The first-order valence-corrected chi connectivity index (χ1v) is 4.01. The third-order valence-electron chi connectivity index (χ3n) is 1.91. The summed E-state index contributed by atoms with van der Waals surface area (Å²) in [5.41, 5.74) is 7.42. The van der Waals surface area contributed by atoms with Gasteiger partial charge in [-0.05, 0) is 18.2 Å². The maximum Gasteiger partial charge on any atom is 0.131 e. The van der Waals surface area contributed by atoms with Gasteiger partial charge in [-0.3, -0.25) is 0 Å². The van der Waals surface area contributed by atoms with Crippen LogP contribution in [0.15, 0.2) is 30.3 Å². The van der Waals surface area contributed by atoms with Crippen molar-refractivity contribution in [2.75, 3.05) is 5.73 Å². The van der Waals surface area contributed by atoms with E-state index in [9.17, 15) is 4.39 Å². The number of alkyl halides is 1. The Bertz CT molecular complexity index is 440. The summed E-state index contributed by atoms with van der Waals surface area (Å²) in [6, 6.07) is 8.95. The molecule has 0 aliphatic heterocycles. The summed E-state index contributed by atoms with van der Waals surface area (Å²) in [6.07, 6.45) is 0. The van der Waals surface area contributed by atoms with E-state index in [4.69, 9.17) is 5.73 Å². The number of aromatic nitrogens is 1. The lowest BCUT2D eigenvalue weighted by Crippen LogP contribution is -1.89. The molecule has 1 heterocycles. The van der Waals surface area contributed by atoms with Crippen molar-refractivity contribution < 1.29 is 4.39 Å². The van der Waals surface area contributed by atoms with Crippen molar-refractivity contribution in [1.82, 2.24) is 4.98 Å². The van der Waals surface area contributed by atoms with Crippen molar-refractivity contribution in [3.63, 3.8) is 0 Å². The van der Waals surface area contributed by atoms with E-state index in [1.807, 2.05) is 12.1 Å². The largest absolute Gasteiger partial charge is 0.399 e. The second-order valence-electron chi connectivity index (χ2n) is 2.89. The molecule has 1 aromatic heterocycles. The molecule has 13 heavy (non-hydrogen) atoms. The number of nitrogens with two attached hydrogens (primary N) is 1. The van der Waals surface area contributed by atoms with Crippen LogP contribution in [0.25, 0.3) is 10.9 Å². The van der Waals surface area contributed by atoms with Crippen LogP contribution in [-0.4, -0.2) is 4.98 Å². The average Bonchev–Trinajstić information content (AvgIpc) is 2.16. The van der Waals surface area contributed by atoms with Crippen LogP contribution >= 0.6 is 0 Å². The van der Waals surface area contributed by atoms with Crippen molar-refractivity contribution in [3.8, 4) is 0 Å². The fourth-order valence-electron chi connectivity index (χ4n) is 1.25. The molecule has 3 heteroatoms. The molecule has 0 atom stereocenters. The number of rotatable bonds is 1. The number of nitrogen functional groups attached to an aromatic ring is 1. The summed E-state index contributed by atoms with van der Waals surface area (Å²) in [5, 5.41) is 0.978. The first-order chi connectivity index (χ1) is 6.29. The quantitative estimate of drug-likeness (QED) is 0.677. The Hall–Kier alpha value is -1.64. The van der Waals surface area contributed by atoms with Crippen molar-refractivity contribution in [2.45, 2.75) is 6.67 Å². The molecule has 0 saturated carbocycles. The molecule has 0 saturated heterocycles. The van der Waals surface area contributed by atoms with Gasteiger partial charge in [-0.25, -0.2) is 9.37 Å². The molecule has 0 fully saturated rings. The number of benzene rings is 1. The fourth-order valence-corrected chi connectivity index (χ4v) is 1.25. The van der Waals surface area contributed by atoms with Gasteiger partial charge in [0.15, 0.2) is 0 Å². The van der Waals surface area contributed by atoms with Gasteiger partial charge >= 0.3 is 0 Å². The minimum atomic E-state index is -0.537. The normalized spacial score (nSPS) is 10.5. The van der Waals surface area contributed by atoms with Gasteiger partial charge < -0.3 is 5.73 Å². The standard InChI is InChI=1S/C10H9FN2/c11-6-9-4-2-7-1-3-8(12)5-10(7)13-9/h1-5H,6,12H2. The van der Waals surface area contributed by atoms with Gasteiger partial charge in [0.2, 0.25) is 0 Å². The minimum Gasteiger partial charge on any atom is -0.399 e. The highest BCUT2D eigenvalue weighted by Gasteiger charge is 1.97. The monoisotopic (exact) mass is 176 g/mol. The molecule has 66 valence electrons. The van der Waals surface area contributed by atoms with Crippen LogP contribution in [0.3, 0.4) is 0 Å². The fraction of sp³-hybridized carbons (Fsp3) is 0.100. The molecule has 0 bridgehead atoms. The molecule has 0 aliphatic carbocycles. The molecule has 0 aliphatic rings. The molecule has 0 amide bonds. The summed E-state index contributed by atoms with van der Waals surface area (Å²) in [5.74, 6) is 0. The summed E-state index contributed by atoms with van der Waals surface area (Å²) in [6.45, 7) is -0.537. The van der Waals surface area contributed by atoms with E-state index in [-0.39, 0.29) is 0 Å². The first kappa shape index (κ1) is 7.98. The van der Waals surface area contributed by atoms with Crippen LogP contribution in [0.2, 0.25) is 0 Å². The predicted molar refractivity (Wildman–Crippen MR) is 51.0 cm³/mol. The molecule has 0 unspecified atom stereocenters. The van der Waals surface area contributed by atoms with Crippen LogP contribution in [0, 0.1) is 0 Å². The first-order valence-electron chi connectivity index (χ1n) is 4.01. The van der Waals surface area contributed by atoms with Crippen LogP contribution in [0.1, 0.15) is 5.69 Å². The van der Waals surface area contributed by atoms with Crippen LogP contribution in [0.5, 0.6) is 0 Å². The number of halogens is 1. The van der Waals surface area contributed by atoms with Crippen LogP contribution in [-0.2, 0) is 6.67 Å². The van der Waals surface area contributed by atoms with Gasteiger partial charge in [-0.1, -0.05) is 12.1 Å². The minimum absolute atomic E-state index is 0.443. The Morgan fingerprint density at radius 2 is 2.00 bits per heavy atom. The molecular formula is C10H9FN2. The lowest BCUT2D eigenvalue weighted by molar-refractivity contribution is 0.477. The Morgan fingerprint density at radius 3 is 2.77 bits per heavy atom. The summed E-state index contributed by atoms with van der Waals surface area (Å²) >= 11 is 0. The lowest BCUT2D eigenvalue weighted by Gasteiger charge is -2.00. The van der Waals surface area contributed by atoms with E-state index in [2.05, 4.69) is 4.98 Å². The Kier molecular flexibility index (Phi) is 1.85. The van der Waals surface area contributed by atoms with E-state index in [1.165, 1.54) is 0 Å². The smallest absolute Gasteiger partial charge is 0.131 e. The van der Waals surface area contributed by atoms with Gasteiger partial charge in [-0.15, -0.1) is 0 Å². The number of hydrogen-bond donors (Lipinski definition) is 1. The zero-order valence-electron chi connectivity index (χ0n) is 7.00. The SMILES string of the molecule is Nc1ccc2ccc(CF)nc2c1. The molecule has 0 radical (unpaired) electrons. The number of fused-ring (bicyclic) bond motifs is 1. The second kappa shape index (κ2) is 3.01. The maximum absolute atomic E-state index is 12.3. The summed E-state index contributed by atoms with van der Waals surface area (Å²) in [7, 11) is 0. The van der Waals surface area contributed by atoms with E-state index >= 15 is 0 Å². The van der Waals surface area contributed by atoms with Gasteiger partial charge in [0.25, 0.3) is 0 Å². The third kappa shape index (κ3) is 1.45. The van der Waals surface area contributed by atoms with E-state index in [1.54, 1.807) is 18.2 Å². The third-order valence-corrected chi connectivity index (χ3v) is 1.91. The maximum atomic E-state index is 12.3. The summed E-state index contributed by atoms with van der Waals surface area (Å²) in [4.78, 5) is 4.10. The highest BCUT2D eigenvalue weighted by molar-refractivity contribution is 5.81. The summed E-state index contributed by atoms with van der Waals surface area (Å²) < 4.78 is 12.3. The van der Waals surface area contributed by atoms with Crippen LogP contribution in [0.4, 0.5) is 10.1 Å². The molecule has 2 aromatic rings. The number of anilines is 1. The van der Waals surface area contributed by atoms with Crippen molar-refractivity contribution >= 4 is 16.6 Å². The second-order valence-corrected chi connectivity index (χ2v) is 2.89. The zero-order valence-corrected chi connectivity index (χ0v) is 7.00. The molecular weight excluding hydrogens is 167 g/mol. The van der Waals surface area contributed by atoms with Gasteiger partial charge in [0, 0.05) is 11.1 Å². The molecule has 1 aromatic carbocycles. The number of hydrogen-bond acceptors (Lipinski definition) is 2. The van der Waals surface area contributed by atoms with Crippen molar-refractivity contribution in [3.05, 3.63) is 36.0 Å². The number of nitrogens with zero attached hydrogens (tertiary/aromatic N) is 1. The molecule has 2 nitrogen and oxygen atoms in total.